The van der Waals surface area contributed by atoms with Crippen molar-refractivity contribution in [3.63, 3.8) is 0 Å². The maximum atomic E-state index is 13.3. The van der Waals surface area contributed by atoms with Gasteiger partial charge in [0.05, 0.1) is 18.2 Å². The number of ether oxygens (including phenoxy) is 1. The summed E-state index contributed by atoms with van der Waals surface area (Å²) in [6.45, 7) is 1.22. The van der Waals surface area contributed by atoms with Gasteiger partial charge in [0.25, 0.3) is 0 Å². The van der Waals surface area contributed by atoms with Crippen LogP contribution in [-0.4, -0.2) is 11.2 Å². The van der Waals surface area contributed by atoms with Gasteiger partial charge in [-0.15, -0.1) is 0 Å². The van der Waals surface area contributed by atoms with Crippen LogP contribution in [0.3, 0.4) is 0 Å². The Morgan fingerprint density at radius 1 is 1.04 bits per heavy atom. The molecule has 0 bridgehead atoms. The summed E-state index contributed by atoms with van der Waals surface area (Å²) in [5.74, 6) is -1.43. The molecule has 1 aromatic heterocycles. The van der Waals surface area contributed by atoms with Crippen molar-refractivity contribution < 1.29 is 13.5 Å². The highest BCUT2D eigenvalue weighted by atomic mass is 19.2. The lowest BCUT2D eigenvalue weighted by Gasteiger charge is -2.16. The molecule has 0 N–H and O–H groups in total. The number of hydrogen-bond acceptors (Lipinski definition) is 2. The van der Waals surface area contributed by atoms with E-state index in [4.69, 9.17) is 4.74 Å². The van der Waals surface area contributed by atoms with Crippen molar-refractivity contribution >= 4 is 10.9 Å². The maximum absolute atomic E-state index is 13.3. The van der Waals surface area contributed by atoms with Crippen LogP contribution in [0.5, 0.6) is 5.75 Å². The van der Waals surface area contributed by atoms with E-state index in [1.807, 2.05) is 18.2 Å². The molecule has 3 nitrogen and oxygen atoms in total. The summed E-state index contributed by atoms with van der Waals surface area (Å²) >= 11 is 0. The molecular weight excluding hydrogens is 346 g/mol. The van der Waals surface area contributed by atoms with Crippen LogP contribution in [0.25, 0.3) is 10.9 Å². The third kappa shape index (κ3) is 3.40. The number of hydrogen-bond donors (Lipinski definition) is 0. The Labute approximate surface area is 156 Å². The van der Waals surface area contributed by atoms with Crippen LogP contribution < -0.4 is 4.74 Å². The lowest BCUT2D eigenvalue weighted by atomic mass is 9.95. The van der Waals surface area contributed by atoms with Gasteiger partial charge in [-0.25, -0.2) is 8.78 Å². The number of nitrogens with zero attached hydrogens (tertiary/aromatic N) is 2. The number of halogens is 2. The normalized spacial score (nSPS) is 13.4. The first-order valence-electron chi connectivity index (χ1n) is 9.29. The lowest BCUT2D eigenvalue weighted by Crippen LogP contribution is -2.10. The van der Waals surface area contributed by atoms with Crippen molar-refractivity contribution in [1.82, 2.24) is 4.57 Å². The van der Waals surface area contributed by atoms with E-state index in [2.05, 4.69) is 10.6 Å². The van der Waals surface area contributed by atoms with Gasteiger partial charge in [0.15, 0.2) is 11.6 Å². The second-order valence-corrected chi connectivity index (χ2v) is 6.91. The zero-order chi connectivity index (χ0) is 18.8. The van der Waals surface area contributed by atoms with Gasteiger partial charge in [0, 0.05) is 29.2 Å². The molecule has 0 atom stereocenters. The van der Waals surface area contributed by atoms with E-state index >= 15 is 0 Å². The average Bonchev–Trinajstić information content (AvgIpc) is 3.01. The molecule has 1 heterocycles. The van der Waals surface area contributed by atoms with Gasteiger partial charge < -0.3 is 9.30 Å². The van der Waals surface area contributed by atoms with Gasteiger partial charge in [0.1, 0.15) is 5.75 Å². The van der Waals surface area contributed by atoms with Crippen molar-refractivity contribution in [3.05, 3.63) is 64.9 Å². The molecule has 3 aromatic rings. The molecule has 5 heteroatoms. The van der Waals surface area contributed by atoms with Gasteiger partial charge in [-0.05, 0) is 68.0 Å². The Kier molecular flexibility index (Phi) is 4.81. The molecule has 0 unspecified atom stereocenters. The fourth-order valence-corrected chi connectivity index (χ4v) is 3.94. The van der Waals surface area contributed by atoms with E-state index in [1.165, 1.54) is 35.6 Å². The lowest BCUT2D eigenvalue weighted by molar-refractivity contribution is 0.299. The third-order valence-electron chi connectivity index (χ3n) is 5.19. The van der Waals surface area contributed by atoms with Crippen molar-refractivity contribution in [3.8, 4) is 11.8 Å². The number of rotatable bonds is 5. The topological polar surface area (TPSA) is 38.0 Å². The van der Waals surface area contributed by atoms with Gasteiger partial charge in [-0.2, -0.15) is 5.26 Å². The Morgan fingerprint density at radius 3 is 2.70 bits per heavy atom. The minimum absolute atomic E-state index is 0.340. The predicted molar refractivity (Wildman–Crippen MR) is 99.8 cm³/mol. The number of aromatic nitrogens is 1. The van der Waals surface area contributed by atoms with Crippen LogP contribution in [0.4, 0.5) is 8.78 Å². The number of aryl methyl sites for hydroxylation is 2. The Morgan fingerprint density at radius 2 is 1.89 bits per heavy atom. The summed E-state index contributed by atoms with van der Waals surface area (Å²) in [4.78, 5) is 0. The average molecular weight is 366 g/mol. The summed E-state index contributed by atoms with van der Waals surface area (Å²) in [7, 11) is 0. The number of benzene rings is 2. The maximum Gasteiger partial charge on any atom is 0.162 e. The van der Waals surface area contributed by atoms with Crippen LogP contribution >= 0.6 is 0 Å². The Bertz CT molecular complexity index is 1030. The zero-order valence-electron chi connectivity index (χ0n) is 15.0. The molecule has 138 valence electrons. The van der Waals surface area contributed by atoms with E-state index in [-0.39, 0.29) is 0 Å². The van der Waals surface area contributed by atoms with Gasteiger partial charge in [0.2, 0.25) is 0 Å². The summed E-state index contributed by atoms with van der Waals surface area (Å²) in [6.07, 6.45) is 5.23. The van der Waals surface area contributed by atoms with Crippen LogP contribution in [-0.2, 0) is 19.4 Å². The van der Waals surface area contributed by atoms with Crippen molar-refractivity contribution in [2.45, 2.75) is 38.6 Å². The van der Waals surface area contributed by atoms with E-state index in [0.717, 1.165) is 43.5 Å². The predicted octanol–water partition coefficient (Wildman–Crippen LogP) is 5.14. The van der Waals surface area contributed by atoms with E-state index in [1.54, 1.807) is 0 Å². The second-order valence-electron chi connectivity index (χ2n) is 6.91. The van der Waals surface area contributed by atoms with E-state index in [0.29, 0.717) is 17.9 Å². The van der Waals surface area contributed by atoms with Crippen LogP contribution in [0, 0.1) is 23.0 Å². The van der Waals surface area contributed by atoms with Crippen molar-refractivity contribution in [1.29, 1.82) is 5.26 Å². The fourth-order valence-electron chi connectivity index (χ4n) is 3.94. The molecule has 1 aliphatic rings. The zero-order valence-corrected chi connectivity index (χ0v) is 15.0. The molecule has 4 rings (SSSR count). The molecule has 0 fully saturated rings. The first kappa shape index (κ1) is 17.5. The SMILES string of the molecule is N#Cc1ccc2c(c1)c1c(n2CCCOc2ccc(F)c(F)c2)CCCC1. The Hall–Kier alpha value is -2.87. The summed E-state index contributed by atoms with van der Waals surface area (Å²) in [5.41, 5.74) is 4.58. The monoisotopic (exact) mass is 366 g/mol. The standard InChI is InChI=1S/C22H20F2N2O/c23-19-8-7-16(13-20(19)24)27-11-3-10-26-21-5-2-1-4-17(21)18-12-15(14-25)6-9-22(18)26/h6-9,12-13H,1-5,10-11H2. The highest BCUT2D eigenvalue weighted by Gasteiger charge is 2.20. The van der Waals surface area contributed by atoms with Crippen molar-refractivity contribution in [2.24, 2.45) is 0 Å². The minimum atomic E-state index is -0.897. The van der Waals surface area contributed by atoms with Gasteiger partial charge in [-0.3, -0.25) is 0 Å². The first-order valence-corrected chi connectivity index (χ1v) is 9.29. The number of nitriles is 1. The van der Waals surface area contributed by atoms with Crippen LogP contribution in [0.2, 0.25) is 0 Å². The van der Waals surface area contributed by atoms with Crippen LogP contribution in [0.15, 0.2) is 36.4 Å². The third-order valence-corrected chi connectivity index (χ3v) is 5.19. The smallest absolute Gasteiger partial charge is 0.162 e. The fraction of sp³-hybridized carbons (Fsp3) is 0.318. The molecular formula is C22H20F2N2O. The van der Waals surface area contributed by atoms with Gasteiger partial charge >= 0.3 is 0 Å². The summed E-state index contributed by atoms with van der Waals surface area (Å²) in [6, 6.07) is 11.7. The first-order chi connectivity index (χ1) is 13.2. The molecule has 2 aromatic carbocycles. The molecule has 0 saturated heterocycles. The van der Waals surface area contributed by atoms with Gasteiger partial charge in [-0.1, -0.05) is 0 Å². The quantitative estimate of drug-likeness (QED) is 0.587. The Balaban J connectivity index is 1.51. The largest absolute Gasteiger partial charge is 0.493 e. The molecule has 0 amide bonds. The second kappa shape index (κ2) is 7.40. The molecule has 0 radical (unpaired) electrons. The molecule has 1 aliphatic carbocycles. The van der Waals surface area contributed by atoms with Crippen LogP contribution in [0.1, 0.15) is 36.1 Å². The highest BCUT2D eigenvalue weighted by molar-refractivity contribution is 5.87. The molecule has 27 heavy (non-hydrogen) atoms. The summed E-state index contributed by atoms with van der Waals surface area (Å²) < 4.78 is 34.1. The van der Waals surface area contributed by atoms with E-state index in [9.17, 15) is 14.0 Å². The molecule has 0 aliphatic heterocycles. The highest BCUT2D eigenvalue weighted by Crippen LogP contribution is 2.33. The van der Waals surface area contributed by atoms with Crippen molar-refractivity contribution in [2.75, 3.05) is 6.61 Å². The number of fused-ring (bicyclic) bond motifs is 3. The molecule has 0 spiro atoms. The summed E-state index contributed by atoms with van der Waals surface area (Å²) in [5, 5.41) is 10.4. The van der Waals surface area contributed by atoms with E-state index < -0.39 is 11.6 Å². The minimum Gasteiger partial charge on any atom is -0.493 e. The molecule has 0 saturated carbocycles.